The fourth-order valence-electron chi connectivity index (χ4n) is 2.71. The first-order chi connectivity index (χ1) is 11.7. The van der Waals surface area contributed by atoms with Crippen LogP contribution in [-0.2, 0) is 0 Å². The molecule has 0 saturated carbocycles. The summed E-state index contributed by atoms with van der Waals surface area (Å²) in [6.07, 6.45) is 6.46. The monoisotopic (exact) mass is 367 g/mol. The van der Waals surface area contributed by atoms with E-state index in [1.165, 1.54) is 0 Å². The molecule has 0 aromatic rings. The molecular formula is C22H47N4+. The van der Waals surface area contributed by atoms with Crippen LogP contribution in [0.15, 0.2) is 15.3 Å². The largest absolute Gasteiger partial charge is 0.187 e. The lowest BCUT2D eigenvalue weighted by molar-refractivity contribution is -0.666. The van der Waals surface area contributed by atoms with E-state index in [1.54, 1.807) is 0 Å². The summed E-state index contributed by atoms with van der Waals surface area (Å²) in [4.78, 5) is 0. The lowest BCUT2D eigenvalue weighted by atomic mass is 9.97. The Kier molecular flexibility index (Phi) is 9.63. The standard InChI is InChI=1S/C22H47N4/c1-12-16-20(6,7)23-24-21(8,9)17-15-18-26(22(10,11)14-3)25-19(4,5)13-2/h12-18H2,1-11H3/q+1. The first-order valence-electron chi connectivity index (χ1n) is 10.6. The molecule has 4 heteroatoms. The van der Waals surface area contributed by atoms with Crippen LogP contribution < -0.4 is 0 Å². The summed E-state index contributed by atoms with van der Waals surface area (Å²) < 4.78 is 2.32. The Balaban J connectivity index is 5.03. The Morgan fingerprint density at radius 1 is 0.654 bits per heavy atom. The van der Waals surface area contributed by atoms with Crippen LogP contribution in [0.2, 0.25) is 0 Å². The third-order valence-corrected chi connectivity index (χ3v) is 5.43. The number of nitrogens with zero attached hydrogens (tertiary/aromatic N) is 4. The highest BCUT2D eigenvalue weighted by molar-refractivity contribution is 4.80. The van der Waals surface area contributed by atoms with Crippen molar-refractivity contribution in [3.05, 3.63) is 0 Å². The van der Waals surface area contributed by atoms with Crippen molar-refractivity contribution in [2.45, 2.75) is 137 Å². The summed E-state index contributed by atoms with van der Waals surface area (Å²) in [5.74, 6) is 0. The van der Waals surface area contributed by atoms with Crippen LogP contribution in [0, 0.1) is 0 Å². The maximum atomic E-state index is 5.08. The van der Waals surface area contributed by atoms with Crippen LogP contribution in [0.5, 0.6) is 0 Å². The van der Waals surface area contributed by atoms with E-state index in [0.717, 1.165) is 45.1 Å². The molecule has 0 spiro atoms. The normalized spacial score (nSPS) is 15.1. The van der Waals surface area contributed by atoms with Gasteiger partial charge in [-0.2, -0.15) is 10.2 Å². The molecule has 0 fully saturated rings. The predicted molar refractivity (Wildman–Crippen MR) is 113 cm³/mol. The summed E-state index contributed by atoms with van der Waals surface area (Å²) in [6.45, 7) is 25.4. The van der Waals surface area contributed by atoms with E-state index in [2.05, 4.69) is 86.0 Å². The Labute approximate surface area is 164 Å². The van der Waals surface area contributed by atoms with Crippen LogP contribution >= 0.6 is 0 Å². The first kappa shape index (κ1) is 25.2. The van der Waals surface area contributed by atoms with Gasteiger partial charge in [0, 0.05) is 26.7 Å². The highest BCUT2D eigenvalue weighted by Gasteiger charge is 2.33. The molecule has 4 nitrogen and oxygen atoms in total. The number of hydrogen-bond acceptors (Lipinski definition) is 3. The molecule has 0 aromatic heterocycles. The zero-order chi connectivity index (χ0) is 20.6. The van der Waals surface area contributed by atoms with E-state index in [0.29, 0.717) is 0 Å². The molecule has 0 amide bonds. The first-order valence-corrected chi connectivity index (χ1v) is 10.6. The molecule has 0 heterocycles. The van der Waals surface area contributed by atoms with E-state index in [4.69, 9.17) is 10.2 Å². The molecule has 0 radical (unpaired) electrons. The minimum Gasteiger partial charge on any atom is -0.187 e. The van der Waals surface area contributed by atoms with Crippen molar-refractivity contribution in [2.24, 2.45) is 15.3 Å². The second-order valence-electron chi connectivity index (χ2n) is 10.2. The van der Waals surface area contributed by atoms with Gasteiger partial charge in [-0.15, -0.1) is 4.70 Å². The lowest BCUT2D eigenvalue weighted by Crippen LogP contribution is -2.38. The molecule has 0 rings (SSSR count). The van der Waals surface area contributed by atoms with Gasteiger partial charge in [0.05, 0.1) is 11.1 Å². The molecule has 26 heavy (non-hydrogen) atoms. The van der Waals surface area contributed by atoms with Crippen LogP contribution in [0.25, 0.3) is 0 Å². The number of rotatable bonds is 12. The van der Waals surface area contributed by atoms with Gasteiger partial charge < -0.3 is 0 Å². The molecule has 0 aliphatic heterocycles. The number of azo groups is 3. The SMILES string of the molecule is CCCC(C)(C)N=NC(C)(C)CCC[N+](=NC(C)(C)CC)C(C)(C)CC. The Hall–Kier alpha value is -0.800. The van der Waals surface area contributed by atoms with Crippen molar-refractivity contribution >= 4 is 0 Å². The Bertz CT molecular complexity index is 471. The van der Waals surface area contributed by atoms with Gasteiger partial charge >= 0.3 is 0 Å². The summed E-state index contributed by atoms with van der Waals surface area (Å²) >= 11 is 0. The molecule has 0 N–H and O–H groups in total. The minimum atomic E-state index is -0.118. The van der Waals surface area contributed by atoms with Gasteiger partial charge in [0.2, 0.25) is 0 Å². The summed E-state index contributed by atoms with van der Waals surface area (Å²) in [5, 5.41) is 14.4. The quantitative estimate of drug-likeness (QED) is 0.254. The molecule has 0 atom stereocenters. The van der Waals surface area contributed by atoms with Gasteiger partial charge in [-0.3, -0.25) is 0 Å². The molecule has 0 unspecified atom stereocenters. The van der Waals surface area contributed by atoms with E-state index < -0.39 is 0 Å². The molecule has 0 saturated heterocycles. The van der Waals surface area contributed by atoms with E-state index in [9.17, 15) is 0 Å². The van der Waals surface area contributed by atoms with Crippen LogP contribution in [-0.4, -0.2) is 33.4 Å². The van der Waals surface area contributed by atoms with E-state index in [-0.39, 0.29) is 22.2 Å². The maximum absolute atomic E-state index is 5.08. The topological polar surface area (TPSA) is 40.1 Å². The molecular weight excluding hydrogens is 320 g/mol. The van der Waals surface area contributed by atoms with Gasteiger partial charge in [0.25, 0.3) is 0 Å². The van der Waals surface area contributed by atoms with Crippen molar-refractivity contribution in [1.82, 2.24) is 0 Å². The smallest absolute Gasteiger partial charge is 0.181 e. The van der Waals surface area contributed by atoms with Gasteiger partial charge in [-0.1, -0.05) is 27.2 Å². The third kappa shape index (κ3) is 9.78. The zero-order valence-corrected chi connectivity index (χ0v) is 19.7. The lowest BCUT2D eigenvalue weighted by Gasteiger charge is -2.25. The van der Waals surface area contributed by atoms with Crippen molar-refractivity contribution < 1.29 is 4.70 Å². The second-order valence-corrected chi connectivity index (χ2v) is 10.2. The van der Waals surface area contributed by atoms with Gasteiger partial charge in [-0.05, 0) is 65.9 Å². The summed E-state index contributed by atoms with van der Waals surface area (Å²) in [5.41, 5.74) is -0.0941. The fraction of sp³-hybridized carbons (Fsp3) is 1.00. The third-order valence-electron chi connectivity index (χ3n) is 5.43. The molecule has 0 aliphatic carbocycles. The van der Waals surface area contributed by atoms with Gasteiger partial charge in [0.15, 0.2) is 12.1 Å². The Morgan fingerprint density at radius 2 is 1.15 bits per heavy atom. The molecule has 0 aliphatic rings. The van der Waals surface area contributed by atoms with Gasteiger partial charge in [0.1, 0.15) is 5.54 Å². The molecule has 0 bridgehead atoms. The number of hydrogen-bond donors (Lipinski definition) is 0. The minimum absolute atomic E-state index is 0.00809. The zero-order valence-electron chi connectivity index (χ0n) is 19.7. The van der Waals surface area contributed by atoms with E-state index >= 15 is 0 Å². The van der Waals surface area contributed by atoms with Crippen molar-refractivity contribution in [3.63, 3.8) is 0 Å². The average Bonchev–Trinajstić information content (AvgIpc) is 2.52. The summed E-state index contributed by atoms with van der Waals surface area (Å²) in [7, 11) is 0. The average molecular weight is 368 g/mol. The molecule has 0 aromatic carbocycles. The second kappa shape index (κ2) is 9.94. The highest BCUT2D eigenvalue weighted by atomic mass is 15.3. The molecule has 154 valence electrons. The fourth-order valence-corrected chi connectivity index (χ4v) is 2.71. The van der Waals surface area contributed by atoms with Gasteiger partial charge in [-0.25, -0.2) is 0 Å². The van der Waals surface area contributed by atoms with Crippen molar-refractivity contribution in [2.75, 3.05) is 6.54 Å². The van der Waals surface area contributed by atoms with Crippen molar-refractivity contribution in [3.8, 4) is 0 Å². The maximum Gasteiger partial charge on any atom is 0.181 e. The van der Waals surface area contributed by atoms with Crippen LogP contribution in [0.3, 0.4) is 0 Å². The van der Waals surface area contributed by atoms with Crippen molar-refractivity contribution in [1.29, 1.82) is 0 Å². The van der Waals surface area contributed by atoms with Crippen LogP contribution in [0.4, 0.5) is 0 Å². The predicted octanol–water partition coefficient (Wildman–Crippen LogP) is 7.42. The summed E-state index contributed by atoms with van der Waals surface area (Å²) in [6, 6.07) is 0. The van der Waals surface area contributed by atoms with E-state index in [1.807, 2.05) is 0 Å². The Morgan fingerprint density at radius 3 is 1.58 bits per heavy atom. The highest BCUT2D eigenvalue weighted by Crippen LogP contribution is 2.25. The van der Waals surface area contributed by atoms with Crippen LogP contribution in [0.1, 0.15) is 115 Å².